The molecule has 0 aliphatic rings. The minimum absolute atomic E-state index is 0.142. The van der Waals surface area contributed by atoms with Gasteiger partial charge >= 0.3 is 6.09 Å². The summed E-state index contributed by atoms with van der Waals surface area (Å²) in [7, 11) is 0. The average Bonchev–Trinajstić information content (AvgIpc) is 2.59. The van der Waals surface area contributed by atoms with Crippen molar-refractivity contribution in [2.75, 3.05) is 18.1 Å². The molecular formula is C18H21NO2S2. The molecule has 0 aliphatic carbocycles. The van der Waals surface area contributed by atoms with Gasteiger partial charge in [-0.1, -0.05) is 36.4 Å². The molecule has 0 aliphatic heterocycles. The highest BCUT2D eigenvalue weighted by atomic mass is 32.2. The number of thioether (sulfide) groups is 2. The van der Waals surface area contributed by atoms with Crippen LogP contribution in [0.5, 0.6) is 0 Å². The van der Waals surface area contributed by atoms with Gasteiger partial charge in [0.1, 0.15) is 6.10 Å². The number of alkyl carbamates (subject to hydrolysis) is 1. The number of carbonyl (C=O) groups is 1. The summed E-state index contributed by atoms with van der Waals surface area (Å²) in [5.74, 6) is 1.47. The lowest BCUT2D eigenvalue weighted by molar-refractivity contribution is 0.120. The van der Waals surface area contributed by atoms with Crippen LogP contribution in [0.1, 0.15) is 6.92 Å². The van der Waals surface area contributed by atoms with E-state index in [0.717, 1.165) is 11.5 Å². The Morgan fingerprint density at radius 2 is 1.43 bits per heavy atom. The molecule has 23 heavy (non-hydrogen) atoms. The Morgan fingerprint density at radius 1 is 0.957 bits per heavy atom. The van der Waals surface area contributed by atoms with Crippen LogP contribution in [-0.4, -0.2) is 30.2 Å². The van der Waals surface area contributed by atoms with Crippen LogP contribution in [0.2, 0.25) is 0 Å². The summed E-state index contributed by atoms with van der Waals surface area (Å²) in [6.45, 7) is 2.46. The van der Waals surface area contributed by atoms with Crippen LogP contribution in [0, 0.1) is 0 Å². The van der Waals surface area contributed by atoms with Gasteiger partial charge in [0.05, 0.1) is 0 Å². The Bertz CT molecular complexity index is 535. The largest absolute Gasteiger partial charge is 0.444 e. The van der Waals surface area contributed by atoms with Crippen LogP contribution >= 0.6 is 23.5 Å². The minimum Gasteiger partial charge on any atom is -0.444 e. The van der Waals surface area contributed by atoms with Gasteiger partial charge in [0.15, 0.2) is 0 Å². The van der Waals surface area contributed by atoms with Crippen molar-refractivity contribution in [2.45, 2.75) is 22.8 Å². The van der Waals surface area contributed by atoms with E-state index >= 15 is 0 Å². The topological polar surface area (TPSA) is 38.3 Å². The van der Waals surface area contributed by atoms with Gasteiger partial charge in [-0.2, -0.15) is 0 Å². The van der Waals surface area contributed by atoms with Gasteiger partial charge in [0.25, 0.3) is 0 Å². The molecule has 122 valence electrons. The quantitative estimate of drug-likeness (QED) is 0.703. The third-order valence-electron chi connectivity index (χ3n) is 2.95. The standard InChI is InChI=1S/C18H21NO2S2/c1-2-19-18(20)21-15(13-22-16-9-5-3-6-10-16)14-23-17-11-7-4-8-12-17/h3-12,15H,2,13-14H2,1H3,(H,19,20). The van der Waals surface area contributed by atoms with Crippen molar-refractivity contribution >= 4 is 29.6 Å². The normalized spacial score (nSPS) is 10.5. The van der Waals surface area contributed by atoms with Crippen LogP contribution in [0.25, 0.3) is 0 Å². The fourth-order valence-corrected chi connectivity index (χ4v) is 3.84. The number of carbonyl (C=O) groups excluding carboxylic acids is 1. The van der Waals surface area contributed by atoms with Gasteiger partial charge in [0.2, 0.25) is 0 Å². The fraction of sp³-hybridized carbons (Fsp3) is 0.278. The van der Waals surface area contributed by atoms with E-state index in [4.69, 9.17) is 4.74 Å². The van der Waals surface area contributed by atoms with Crippen molar-refractivity contribution in [1.29, 1.82) is 0 Å². The second-order valence-electron chi connectivity index (χ2n) is 4.81. The Labute approximate surface area is 146 Å². The molecule has 2 aromatic carbocycles. The van der Waals surface area contributed by atoms with E-state index in [1.54, 1.807) is 23.5 Å². The molecule has 3 nitrogen and oxygen atoms in total. The number of benzene rings is 2. The molecule has 0 heterocycles. The van der Waals surface area contributed by atoms with E-state index in [1.807, 2.05) is 43.3 Å². The SMILES string of the molecule is CCNC(=O)OC(CSc1ccccc1)CSc1ccccc1. The molecule has 0 aromatic heterocycles. The van der Waals surface area contributed by atoms with E-state index in [0.29, 0.717) is 6.54 Å². The predicted octanol–water partition coefficient (Wildman–Crippen LogP) is 4.69. The summed E-state index contributed by atoms with van der Waals surface area (Å²) in [4.78, 5) is 14.1. The molecule has 2 aromatic rings. The predicted molar refractivity (Wildman–Crippen MR) is 98.3 cm³/mol. The van der Waals surface area contributed by atoms with Crippen molar-refractivity contribution in [1.82, 2.24) is 5.32 Å². The molecule has 0 unspecified atom stereocenters. The van der Waals surface area contributed by atoms with Crippen molar-refractivity contribution in [2.24, 2.45) is 0 Å². The highest BCUT2D eigenvalue weighted by Gasteiger charge is 2.15. The highest BCUT2D eigenvalue weighted by molar-refractivity contribution is 8.00. The van der Waals surface area contributed by atoms with Gasteiger partial charge < -0.3 is 10.1 Å². The van der Waals surface area contributed by atoms with E-state index < -0.39 is 0 Å². The van der Waals surface area contributed by atoms with E-state index in [-0.39, 0.29) is 12.2 Å². The third kappa shape index (κ3) is 7.01. The summed E-state index contributed by atoms with van der Waals surface area (Å²) >= 11 is 3.41. The number of nitrogens with one attached hydrogen (secondary N) is 1. The smallest absolute Gasteiger partial charge is 0.407 e. The molecular weight excluding hydrogens is 326 g/mol. The van der Waals surface area contributed by atoms with Gasteiger partial charge in [0, 0.05) is 27.8 Å². The van der Waals surface area contributed by atoms with Crippen molar-refractivity contribution in [3.05, 3.63) is 60.7 Å². The summed E-state index contributed by atoms with van der Waals surface area (Å²) in [6.07, 6.45) is -0.489. The summed E-state index contributed by atoms with van der Waals surface area (Å²) in [5, 5.41) is 2.69. The molecule has 1 amide bonds. The van der Waals surface area contributed by atoms with Crippen LogP contribution < -0.4 is 5.32 Å². The first-order valence-electron chi connectivity index (χ1n) is 7.58. The van der Waals surface area contributed by atoms with Crippen molar-refractivity contribution < 1.29 is 9.53 Å². The summed E-state index contributed by atoms with van der Waals surface area (Å²) in [6, 6.07) is 20.3. The van der Waals surface area contributed by atoms with Crippen LogP contribution in [0.4, 0.5) is 4.79 Å². The highest BCUT2D eigenvalue weighted by Crippen LogP contribution is 2.24. The van der Waals surface area contributed by atoms with Crippen LogP contribution in [0.3, 0.4) is 0 Å². The van der Waals surface area contributed by atoms with Crippen LogP contribution in [-0.2, 0) is 4.74 Å². The molecule has 0 fully saturated rings. The molecule has 0 radical (unpaired) electrons. The van der Waals surface area contributed by atoms with Crippen molar-refractivity contribution in [3.63, 3.8) is 0 Å². The second-order valence-corrected chi connectivity index (χ2v) is 6.99. The molecule has 0 saturated heterocycles. The van der Waals surface area contributed by atoms with E-state index in [2.05, 4.69) is 29.6 Å². The maximum Gasteiger partial charge on any atom is 0.407 e. The average molecular weight is 348 g/mol. The Kier molecular flexibility index (Phi) is 7.90. The first kappa shape index (κ1) is 17.8. The van der Waals surface area contributed by atoms with Gasteiger partial charge in [-0.05, 0) is 31.2 Å². The molecule has 0 bridgehead atoms. The summed E-state index contributed by atoms with van der Waals surface area (Å²) in [5.41, 5.74) is 0. The Morgan fingerprint density at radius 3 is 1.87 bits per heavy atom. The number of rotatable bonds is 8. The monoisotopic (exact) mass is 347 g/mol. The maximum atomic E-state index is 11.7. The number of hydrogen-bond acceptors (Lipinski definition) is 4. The lowest BCUT2D eigenvalue weighted by atomic mass is 10.4. The zero-order valence-electron chi connectivity index (χ0n) is 13.1. The number of ether oxygens (including phenoxy) is 1. The molecule has 2 rings (SSSR count). The number of hydrogen-bond donors (Lipinski definition) is 1. The zero-order chi connectivity index (χ0) is 16.3. The second kappa shape index (κ2) is 10.2. The number of amides is 1. The van der Waals surface area contributed by atoms with Gasteiger partial charge in [-0.25, -0.2) is 4.79 Å². The molecule has 5 heteroatoms. The first-order valence-corrected chi connectivity index (χ1v) is 9.55. The Balaban J connectivity index is 1.89. The van der Waals surface area contributed by atoms with Crippen LogP contribution in [0.15, 0.2) is 70.5 Å². The molecule has 0 atom stereocenters. The lowest BCUT2D eigenvalue weighted by Crippen LogP contribution is -2.31. The zero-order valence-corrected chi connectivity index (χ0v) is 14.7. The molecule has 0 spiro atoms. The lowest BCUT2D eigenvalue weighted by Gasteiger charge is -2.17. The van der Waals surface area contributed by atoms with E-state index in [9.17, 15) is 4.79 Å². The molecule has 0 saturated carbocycles. The third-order valence-corrected chi connectivity index (χ3v) is 5.24. The minimum atomic E-state index is -0.347. The van der Waals surface area contributed by atoms with Crippen molar-refractivity contribution in [3.8, 4) is 0 Å². The van der Waals surface area contributed by atoms with Gasteiger partial charge in [-0.15, -0.1) is 23.5 Å². The summed E-state index contributed by atoms with van der Waals surface area (Å²) < 4.78 is 5.54. The fourth-order valence-electron chi connectivity index (χ4n) is 1.87. The van der Waals surface area contributed by atoms with Gasteiger partial charge in [-0.3, -0.25) is 0 Å². The van der Waals surface area contributed by atoms with E-state index in [1.165, 1.54) is 9.79 Å². The first-order chi connectivity index (χ1) is 11.3. The Hall–Kier alpha value is -1.59. The maximum absolute atomic E-state index is 11.7. The molecule has 1 N–H and O–H groups in total.